The predicted molar refractivity (Wildman–Crippen MR) is 123 cm³/mol. The van der Waals surface area contributed by atoms with E-state index >= 15 is 0 Å². The third-order valence-electron chi connectivity index (χ3n) is 5.83. The molecule has 4 aromatic carbocycles. The van der Waals surface area contributed by atoms with Gasteiger partial charge in [-0.1, -0.05) is 121 Å². The first-order chi connectivity index (χ1) is 15.5. The Morgan fingerprint density at radius 2 is 1.00 bits per heavy atom. The van der Waals surface area contributed by atoms with E-state index in [1.807, 2.05) is 0 Å². The van der Waals surface area contributed by atoms with E-state index in [9.17, 15) is 20.1 Å². The summed E-state index contributed by atoms with van der Waals surface area (Å²) in [5.41, 5.74) is -3.92. The van der Waals surface area contributed by atoms with E-state index < -0.39 is 23.1 Å². The normalized spacial score (nSPS) is 15.8. The largest absolute Gasteiger partial charge is 0.385 e. The minimum absolute atomic E-state index is 0.176. The quantitative estimate of drug-likeness (QED) is 0.385. The van der Waals surface area contributed by atoms with Gasteiger partial charge in [0.25, 0.3) is 0 Å². The summed E-state index contributed by atoms with van der Waals surface area (Å²) in [5, 5.41) is 36.1. The van der Waals surface area contributed by atoms with E-state index in [2.05, 4.69) is 0 Å². The maximum Gasteiger partial charge on any atom is 0.202 e. The lowest BCUT2D eigenvalue weighted by molar-refractivity contribution is -0.195. The Labute approximate surface area is 187 Å². The van der Waals surface area contributed by atoms with Crippen LogP contribution in [0.2, 0.25) is 0 Å². The van der Waals surface area contributed by atoms with Crippen molar-refractivity contribution in [1.29, 1.82) is 0 Å². The first kappa shape index (κ1) is 21.7. The molecule has 4 nitrogen and oxygen atoms in total. The highest BCUT2D eigenvalue weighted by Crippen LogP contribution is 2.50. The topological polar surface area (TPSA) is 77.8 Å². The van der Waals surface area contributed by atoms with E-state index in [1.54, 1.807) is 121 Å². The monoisotopic (exact) mass is 424 g/mol. The number of rotatable bonds is 7. The molecule has 0 aliphatic carbocycles. The van der Waals surface area contributed by atoms with Gasteiger partial charge >= 0.3 is 0 Å². The van der Waals surface area contributed by atoms with Crippen LogP contribution in [0.5, 0.6) is 0 Å². The molecule has 0 radical (unpaired) electrons. The second kappa shape index (κ2) is 8.89. The average Bonchev–Trinajstić information content (AvgIpc) is 2.88. The van der Waals surface area contributed by atoms with Crippen LogP contribution in [0.15, 0.2) is 121 Å². The van der Waals surface area contributed by atoms with Gasteiger partial charge in [0.05, 0.1) is 0 Å². The molecule has 32 heavy (non-hydrogen) atoms. The molecule has 0 heterocycles. The van der Waals surface area contributed by atoms with Crippen LogP contribution in [0, 0.1) is 0 Å². The number of ketones is 1. The van der Waals surface area contributed by atoms with Crippen molar-refractivity contribution in [3.8, 4) is 0 Å². The molecule has 0 amide bonds. The van der Waals surface area contributed by atoms with Crippen molar-refractivity contribution < 1.29 is 20.1 Å². The molecule has 0 spiro atoms. The molecule has 0 fully saturated rings. The number of Topliss-reactive ketones (excluding diaryl/α,β-unsaturated/α-hetero) is 1. The van der Waals surface area contributed by atoms with E-state index in [0.29, 0.717) is 5.56 Å². The highest BCUT2D eigenvalue weighted by atomic mass is 16.4. The molecule has 4 aromatic rings. The minimum atomic E-state index is -2.49. The Hall–Kier alpha value is -3.57. The van der Waals surface area contributed by atoms with Gasteiger partial charge in [0, 0.05) is 5.56 Å². The van der Waals surface area contributed by atoms with Crippen LogP contribution in [0.25, 0.3) is 0 Å². The summed E-state index contributed by atoms with van der Waals surface area (Å²) >= 11 is 0. The van der Waals surface area contributed by atoms with Gasteiger partial charge in [0.1, 0.15) is 6.10 Å². The highest BCUT2D eigenvalue weighted by molar-refractivity contribution is 6.04. The van der Waals surface area contributed by atoms with Gasteiger partial charge in [-0.2, -0.15) is 0 Å². The number of aliphatic hydroxyl groups is 3. The summed E-state index contributed by atoms with van der Waals surface area (Å²) in [6.07, 6.45) is -1.61. The molecular formula is C28H24O4. The summed E-state index contributed by atoms with van der Waals surface area (Å²) in [5.74, 6) is -0.717. The lowest BCUT2D eigenvalue weighted by atomic mass is 9.65. The van der Waals surface area contributed by atoms with Crippen LogP contribution in [0.1, 0.15) is 33.2 Å². The highest BCUT2D eigenvalue weighted by Gasteiger charge is 2.61. The number of carbonyl (C=O) groups excluding carboxylic acids is 1. The maximum atomic E-state index is 13.9. The van der Waals surface area contributed by atoms with E-state index in [4.69, 9.17) is 0 Å². The number of hydrogen-bond acceptors (Lipinski definition) is 4. The molecule has 4 heteroatoms. The lowest BCUT2D eigenvalue weighted by Gasteiger charge is -2.46. The fourth-order valence-electron chi connectivity index (χ4n) is 4.14. The molecule has 0 aromatic heterocycles. The standard InChI is InChI=1S/C28H24O4/c29-25(21-13-5-1-6-14-21)27(31,23-17-9-3-10-18-23)28(32,24-19-11-4-12-20-24)26(30)22-15-7-2-8-16-22/h1-20,25,29,31-32H. The fourth-order valence-corrected chi connectivity index (χ4v) is 4.14. The second-order valence-electron chi connectivity index (χ2n) is 7.72. The van der Waals surface area contributed by atoms with Gasteiger partial charge in [-0.25, -0.2) is 0 Å². The number of hydrogen-bond donors (Lipinski definition) is 3. The van der Waals surface area contributed by atoms with Crippen LogP contribution in [-0.4, -0.2) is 21.1 Å². The van der Waals surface area contributed by atoms with Crippen molar-refractivity contribution in [2.45, 2.75) is 17.3 Å². The molecule has 0 saturated carbocycles. The molecule has 4 rings (SSSR count). The summed E-state index contributed by atoms with van der Waals surface area (Å²) in [7, 11) is 0. The third kappa shape index (κ3) is 3.55. The number of aliphatic hydroxyl groups excluding tert-OH is 1. The second-order valence-corrected chi connectivity index (χ2v) is 7.72. The van der Waals surface area contributed by atoms with Gasteiger partial charge in [-0.3, -0.25) is 4.79 Å². The zero-order chi connectivity index (χ0) is 22.6. The van der Waals surface area contributed by atoms with Crippen molar-refractivity contribution in [3.05, 3.63) is 144 Å². The van der Waals surface area contributed by atoms with Crippen molar-refractivity contribution >= 4 is 5.78 Å². The Balaban J connectivity index is 2.03. The van der Waals surface area contributed by atoms with E-state index in [1.165, 1.54) is 0 Å². The molecular weight excluding hydrogens is 400 g/mol. The number of benzene rings is 4. The first-order valence-electron chi connectivity index (χ1n) is 10.4. The molecule has 0 saturated heterocycles. The predicted octanol–water partition coefficient (Wildman–Crippen LogP) is 4.38. The van der Waals surface area contributed by atoms with Gasteiger partial charge in [0.2, 0.25) is 5.78 Å². The summed E-state index contributed by atoms with van der Waals surface area (Å²) in [6.45, 7) is 0. The molecule has 0 aliphatic rings. The molecule has 0 bridgehead atoms. The number of carbonyl (C=O) groups is 1. The maximum absolute atomic E-state index is 13.9. The Bertz CT molecular complexity index is 1160. The van der Waals surface area contributed by atoms with Crippen LogP contribution >= 0.6 is 0 Å². The molecule has 0 aliphatic heterocycles. The smallest absolute Gasteiger partial charge is 0.202 e. The Morgan fingerprint density at radius 1 is 0.594 bits per heavy atom. The van der Waals surface area contributed by atoms with Crippen LogP contribution in [0.4, 0.5) is 0 Å². The van der Waals surface area contributed by atoms with Gasteiger partial charge < -0.3 is 15.3 Å². The van der Waals surface area contributed by atoms with E-state index in [0.717, 1.165) is 0 Å². The average molecular weight is 424 g/mol. The fraction of sp³-hybridized carbons (Fsp3) is 0.107. The van der Waals surface area contributed by atoms with Crippen molar-refractivity contribution in [1.82, 2.24) is 0 Å². The molecule has 3 unspecified atom stereocenters. The van der Waals surface area contributed by atoms with Crippen molar-refractivity contribution in [2.24, 2.45) is 0 Å². The zero-order valence-corrected chi connectivity index (χ0v) is 17.4. The van der Waals surface area contributed by atoms with Gasteiger partial charge in [-0.15, -0.1) is 0 Å². The third-order valence-corrected chi connectivity index (χ3v) is 5.83. The summed E-state index contributed by atoms with van der Waals surface area (Å²) in [6, 6.07) is 33.4. The Kier molecular flexibility index (Phi) is 6.01. The summed E-state index contributed by atoms with van der Waals surface area (Å²) in [4.78, 5) is 13.9. The lowest BCUT2D eigenvalue weighted by Crippen LogP contribution is -2.58. The molecule has 3 N–H and O–H groups in total. The van der Waals surface area contributed by atoms with Crippen molar-refractivity contribution in [2.75, 3.05) is 0 Å². The van der Waals surface area contributed by atoms with Gasteiger partial charge in [0.15, 0.2) is 11.2 Å². The van der Waals surface area contributed by atoms with Crippen LogP contribution < -0.4 is 0 Å². The minimum Gasteiger partial charge on any atom is -0.385 e. The van der Waals surface area contributed by atoms with Crippen LogP contribution in [-0.2, 0) is 11.2 Å². The SMILES string of the molecule is O=C(c1ccccc1)C(O)(c1ccccc1)C(O)(c1ccccc1)C(O)c1ccccc1. The molecule has 160 valence electrons. The summed E-state index contributed by atoms with van der Waals surface area (Å²) < 4.78 is 0. The van der Waals surface area contributed by atoms with E-state index in [-0.39, 0.29) is 16.7 Å². The zero-order valence-electron chi connectivity index (χ0n) is 17.4. The van der Waals surface area contributed by atoms with Gasteiger partial charge in [-0.05, 0) is 16.7 Å². The molecule has 3 atom stereocenters. The Morgan fingerprint density at radius 3 is 1.50 bits per heavy atom. The van der Waals surface area contributed by atoms with Crippen molar-refractivity contribution in [3.63, 3.8) is 0 Å². The van der Waals surface area contributed by atoms with Crippen LogP contribution in [0.3, 0.4) is 0 Å². The first-order valence-corrected chi connectivity index (χ1v) is 10.4.